The maximum Gasteiger partial charge on any atom is 0.224 e. The van der Waals surface area contributed by atoms with Gasteiger partial charge >= 0.3 is 0 Å². The van der Waals surface area contributed by atoms with Crippen LogP contribution in [-0.4, -0.2) is 23.2 Å². The summed E-state index contributed by atoms with van der Waals surface area (Å²) in [6.45, 7) is 0.354. The normalized spacial score (nSPS) is 17.7. The molecule has 0 unspecified atom stereocenters. The average molecular weight is 268 g/mol. The number of hydrogen-bond acceptors (Lipinski definition) is 2. The highest BCUT2D eigenvalue weighted by Gasteiger charge is 2.31. The number of hydrogen-bond donors (Lipinski definition) is 2. The van der Waals surface area contributed by atoms with Crippen LogP contribution < -0.4 is 5.32 Å². The molecule has 2 rings (SSSR count). The van der Waals surface area contributed by atoms with Gasteiger partial charge in [-0.2, -0.15) is 0 Å². The Morgan fingerprint density at radius 3 is 2.78 bits per heavy atom. The number of halogens is 1. The van der Waals surface area contributed by atoms with Crippen molar-refractivity contribution in [1.29, 1.82) is 0 Å². The third-order valence-electron chi connectivity index (χ3n) is 3.40. The Hall–Kier alpha value is -1.06. The summed E-state index contributed by atoms with van der Waals surface area (Å²) in [5, 5.41) is 13.5. The van der Waals surface area contributed by atoms with Crippen molar-refractivity contribution >= 4 is 17.5 Å². The molecule has 18 heavy (non-hydrogen) atoms. The quantitative estimate of drug-likeness (QED) is 0.880. The SMILES string of the molecule is O=C(Cc1cccc(Cl)c1)NCC1(O)CCCC1. The summed E-state index contributed by atoms with van der Waals surface area (Å²) >= 11 is 5.86. The second-order valence-electron chi connectivity index (χ2n) is 5.01. The van der Waals surface area contributed by atoms with Crippen LogP contribution in [0.5, 0.6) is 0 Å². The lowest BCUT2D eigenvalue weighted by atomic mass is 10.0. The Kier molecular flexibility index (Phi) is 4.25. The first kappa shape index (κ1) is 13.4. The highest BCUT2D eigenvalue weighted by molar-refractivity contribution is 6.30. The maximum atomic E-state index is 11.8. The Balaban J connectivity index is 1.82. The fourth-order valence-corrected chi connectivity index (χ4v) is 2.58. The van der Waals surface area contributed by atoms with Gasteiger partial charge < -0.3 is 10.4 Å². The molecular formula is C14H18ClNO2. The van der Waals surface area contributed by atoms with Gasteiger partial charge in [0.05, 0.1) is 12.0 Å². The Bertz CT molecular complexity index is 428. The number of carbonyl (C=O) groups is 1. The van der Waals surface area contributed by atoms with Crippen LogP contribution in [-0.2, 0) is 11.2 Å². The summed E-state index contributed by atoms with van der Waals surface area (Å²) in [7, 11) is 0. The number of amides is 1. The molecule has 1 aromatic carbocycles. The first-order valence-corrected chi connectivity index (χ1v) is 6.69. The van der Waals surface area contributed by atoms with Gasteiger partial charge in [-0.25, -0.2) is 0 Å². The van der Waals surface area contributed by atoms with Crippen molar-refractivity contribution in [3.63, 3.8) is 0 Å². The molecule has 0 aromatic heterocycles. The minimum absolute atomic E-state index is 0.0717. The number of rotatable bonds is 4. The van der Waals surface area contributed by atoms with Crippen molar-refractivity contribution < 1.29 is 9.90 Å². The van der Waals surface area contributed by atoms with Crippen molar-refractivity contribution in [1.82, 2.24) is 5.32 Å². The van der Waals surface area contributed by atoms with E-state index in [9.17, 15) is 9.90 Å². The summed E-state index contributed by atoms with van der Waals surface area (Å²) in [5.74, 6) is -0.0717. The molecule has 98 valence electrons. The Labute approximate surface area is 112 Å². The molecule has 1 amide bonds. The van der Waals surface area contributed by atoms with E-state index in [-0.39, 0.29) is 5.91 Å². The molecule has 0 aliphatic heterocycles. The van der Waals surface area contributed by atoms with Crippen LogP contribution in [0, 0.1) is 0 Å². The zero-order chi connectivity index (χ0) is 13.0. The lowest BCUT2D eigenvalue weighted by Gasteiger charge is -2.22. The standard InChI is InChI=1S/C14H18ClNO2/c15-12-5-3-4-11(8-12)9-13(17)16-10-14(18)6-1-2-7-14/h3-5,8,18H,1-2,6-7,9-10H2,(H,16,17). The molecule has 0 atom stereocenters. The highest BCUT2D eigenvalue weighted by atomic mass is 35.5. The largest absolute Gasteiger partial charge is 0.388 e. The molecule has 0 spiro atoms. The number of nitrogens with one attached hydrogen (secondary N) is 1. The van der Waals surface area contributed by atoms with Crippen LogP contribution in [0.3, 0.4) is 0 Å². The van der Waals surface area contributed by atoms with Crippen molar-refractivity contribution in [3.05, 3.63) is 34.9 Å². The summed E-state index contributed by atoms with van der Waals surface area (Å²) in [6.07, 6.45) is 3.95. The van der Waals surface area contributed by atoms with Gasteiger partial charge in [0.25, 0.3) is 0 Å². The van der Waals surface area contributed by atoms with E-state index < -0.39 is 5.60 Å². The fraction of sp³-hybridized carbons (Fsp3) is 0.500. The van der Waals surface area contributed by atoms with Crippen molar-refractivity contribution in [2.45, 2.75) is 37.7 Å². The second kappa shape index (κ2) is 5.72. The number of benzene rings is 1. The Morgan fingerprint density at radius 1 is 1.39 bits per heavy atom. The van der Waals surface area contributed by atoms with Gasteiger partial charge in [0.1, 0.15) is 0 Å². The van der Waals surface area contributed by atoms with Crippen molar-refractivity contribution in [3.8, 4) is 0 Å². The summed E-state index contributed by atoms with van der Waals surface area (Å²) in [4.78, 5) is 11.8. The van der Waals surface area contributed by atoms with E-state index in [1.807, 2.05) is 12.1 Å². The molecule has 3 nitrogen and oxygen atoms in total. The van der Waals surface area contributed by atoms with E-state index in [0.717, 1.165) is 31.2 Å². The molecule has 1 aliphatic carbocycles. The molecule has 1 aliphatic rings. The molecule has 1 saturated carbocycles. The third-order valence-corrected chi connectivity index (χ3v) is 3.64. The first-order chi connectivity index (χ1) is 8.57. The highest BCUT2D eigenvalue weighted by Crippen LogP contribution is 2.28. The summed E-state index contributed by atoms with van der Waals surface area (Å²) in [5.41, 5.74) is 0.197. The maximum absolute atomic E-state index is 11.8. The molecular weight excluding hydrogens is 250 g/mol. The van der Waals surface area contributed by atoms with Gasteiger partial charge in [0.15, 0.2) is 0 Å². The summed E-state index contributed by atoms with van der Waals surface area (Å²) in [6, 6.07) is 7.26. The molecule has 0 saturated heterocycles. The molecule has 0 bridgehead atoms. The molecule has 1 fully saturated rings. The van der Waals surface area contributed by atoms with Crippen molar-refractivity contribution in [2.24, 2.45) is 0 Å². The molecule has 0 heterocycles. The van der Waals surface area contributed by atoms with E-state index in [1.165, 1.54) is 0 Å². The second-order valence-corrected chi connectivity index (χ2v) is 5.45. The lowest BCUT2D eigenvalue weighted by molar-refractivity contribution is -0.121. The molecule has 1 aromatic rings. The van der Waals surface area contributed by atoms with Crippen molar-refractivity contribution in [2.75, 3.05) is 6.54 Å². The van der Waals surface area contributed by atoms with Crippen LogP contribution in [0.4, 0.5) is 0 Å². The van der Waals surface area contributed by atoms with E-state index in [0.29, 0.717) is 18.0 Å². The van der Waals surface area contributed by atoms with Crippen LogP contribution in [0.1, 0.15) is 31.2 Å². The molecule has 0 radical (unpaired) electrons. The minimum Gasteiger partial charge on any atom is -0.388 e. The van der Waals surface area contributed by atoms with E-state index in [1.54, 1.807) is 12.1 Å². The van der Waals surface area contributed by atoms with Crippen LogP contribution in [0.25, 0.3) is 0 Å². The van der Waals surface area contributed by atoms with Gasteiger partial charge in [-0.1, -0.05) is 36.6 Å². The molecule has 2 N–H and O–H groups in total. The monoisotopic (exact) mass is 267 g/mol. The van der Waals surface area contributed by atoms with Crippen LogP contribution in [0.2, 0.25) is 5.02 Å². The van der Waals surface area contributed by atoms with Crippen LogP contribution in [0.15, 0.2) is 24.3 Å². The number of carbonyl (C=O) groups excluding carboxylic acids is 1. The zero-order valence-electron chi connectivity index (χ0n) is 10.3. The van der Waals surface area contributed by atoms with E-state index in [2.05, 4.69) is 5.32 Å². The van der Waals surface area contributed by atoms with E-state index >= 15 is 0 Å². The first-order valence-electron chi connectivity index (χ1n) is 6.31. The predicted octanol–water partition coefficient (Wildman–Crippen LogP) is 2.30. The fourth-order valence-electron chi connectivity index (χ4n) is 2.37. The predicted molar refractivity (Wildman–Crippen MR) is 71.6 cm³/mol. The lowest BCUT2D eigenvalue weighted by Crippen LogP contribution is -2.41. The molecule has 4 heteroatoms. The van der Waals surface area contributed by atoms with Crippen LogP contribution >= 0.6 is 11.6 Å². The van der Waals surface area contributed by atoms with Gasteiger partial charge in [-0.05, 0) is 30.5 Å². The average Bonchev–Trinajstić information content (AvgIpc) is 2.74. The minimum atomic E-state index is -0.690. The Morgan fingerprint density at radius 2 is 2.11 bits per heavy atom. The number of aliphatic hydroxyl groups is 1. The van der Waals surface area contributed by atoms with Gasteiger partial charge in [0.2, 0.25) is 5.91 Å². The van der Waals surface area contributed by atoms with Gasteiger partial charge in [-0.3, -0.25) is 4.79 Å². The third kappa shape index (κ3) is 3.72. The van der Waals surface area contributed by atoms with Gasteiger partial charge in [0, 0.05) is 11.6 Å². The van der Waals surface area contributed by atoms with Gasteiger partial charge in [-0.15, -0.1) is 0 Å². The van der Waals surface area contributed by atoms with E-state index in [4.69, 9.17) is 11.6 Å². The summed E-state index contributed by atoms with van der Waals surface area (Å²) < 4.78 is 0. The smallest absolute Gasteiger partial charge is 0.224 e. The topological polar surface area (TPSA) is 49.3 Å². The zero-order valence-corrected chi connectivity index (χ0v) is 11.0.